The molecule has 6 nitrogen and oxygen atoms in total. The van der Waals surface area contributed by atoms with Crippen LogP contribution in [0.15, 0.2) is 37.2 Å². The van der Waals surface area contributed by atoms with Crippen molar-refractivity contribution in [3.8, 4) is 0 Å². The fourth-order valence-electron chi connectivity index (χ4n) is 1.59. The van der Waals surface area contributed by atoms with Crippen molar-refractivity contribution in [1.82, 2.24) is 25.1 Å². The molecule has 2 heterocycles. The lowest BCUT2D eigenvalue weighted by molar-refractivity contribution is -0.122. The molecule has 0 unspecified atom stereocenters. The lowest BCUT2D eigenvalue weighted by atomic mass is 10.1. The first-order valence-corrected chi connectivity index (χ1v) is 5.77. The molecular formula is C12H15N5O. The molecule has 2 aromatic rings. The van der Waals surface area contributed by atoms with Crippen LogP contribution < -0.4 is 5.32 Å². The van der Waals surface area contributed by atoms with Gasteiger partial charge in [0, 0.05) is 18.8 Å². The number of pyridine rings is 1. The van der Waals surface area contributed by atoms with Gasteiger partial charge in [-0.05, 0) is 18.6 Å². The van der Waals surface area contributed by atoms with Crippen LogP contribution >= 0.6 is 0 Å². The Bertz CT molecular complexity index is 482. The van der Waals surface area contributed by atoms with Crippen LogP contribution in [0.2, 0.25) is 0 Å². The van der Waals surface area contributed by atoms with Crippen LogP contribution in [0.4, 0.5) is 0 Å². The fraction of sp³-hybridized carbons (Fsp3) is 0.333. The Morgan fingerprint density at radius 2 is 2.39 bits per heavy atom. The first kappa shape index (κ1) is 12.2. The summed E-state index contributed by atoms with van der Waals surface area (Å²) >= 11 is 0. The number of amides is 1. The van der Waals surface area contributed by atoms with E-state index in [0.29, 0.717) is 13.0 Å². The van der Waals surface area contributed by atoms with Crippen LogP contribution in [0, 0.1) is 0 Å². The average Bonchev–Trinajstić information content (AvgIpc) is 2.90. The number of carbonyl (C=O) groups excluding carboxylic acids is 1. The van der Waals surface area contributed by atoms with E-state index in [4.69, 9.17) is 0 Å². The van der Waals surface area contributed by atoms with Crippen LogP contribution in [0.25, 0.3) is 0 Å². The molecule has 94 valence electrons. The van der Waals surface area contributed by atoms with E-state index in [9.17, 15) is 4.79 Å². The molecular weight excluding hydrogens is 230 g/mol. The van der Waals surface area contributed by atoms with Crippen molar-refractivity contribution >= 4 is 5.91 Å². The maximum atomic E-state index is 11.7. The van der Waals surface area contributed by atoms with E-state index in [1.54, 1.807) is 23.4 Å². The van der Waals surface area contributed by atoms with Crippen molar-refractivity contribution in [1.29, 1.82) is 0 Å². The van der Waals surface area contributed by atoms with Gasteiger partial charge in [0.15, 0.2) is 0 Å². The Kier molecular flexibility index (Phi) is 4.01. The summed E-state index contributed by atoms with van der Waals surface area (Å²) in [4.78, 5) is 19.6. The molecule has 1 atom stereocenters. The molecule has 2 aromatic heterocycles. The number of nitrogens with one attached hydrogen (secondary N) is 1. The molecule has 1 N–H and O–H groups in total. The van der Waals surface area contributed by atoms with Gasteiger partial charge in [-0.25, -0.2) is 4.98 Å². The zero-order valence-electron chi connectivity index (χ0n) is 10.2. The quantitative estimate of drug-likeness (QED) is 0.851. The molecule has 2 rings (SSSR count). The zero-order chi connectivity index (χ0) is 12.8. The topological polar surface area (TPSA) is 72.7 Å². The van der Waals surface area contributed by atoms with Gasteiger partial charge in [0.25, 0.3) is 0 Å². The van der Waals surface area contributed by atoms with Gasteiger partial charge >= 0.3 is 0 Å². The lowest BCUT2D eigenvalue weighted by Crippen LogP contribution is -2.27. The highest BCUT2D eigenvalue weighted by atomic mass is 16.1. The molecule has 0 fully saturated rings. The molecule has 0 radical (unpaired) electrons. The smallest absolute Gasteiger partial charge is 0.222 e. The van der Waals surface area contributed by atoms with E-state index in [0.717, 1.165) is 5.56 Å². The second-order valence-electron chi connectivity index (χ2n) is 3.98. The van der Waals surface area contributed by atoms with Gasteiger partial charge in [-0.2, -0.15) is 5.10 Å². The molecule has 0 spiro atoms. The number of carbonyl (C=O) groups is 1. The summed E-state index contributed by atoms with van der Waals surface area (Å²) in [5, 5.41) is 6.86. The first-order valence-electron chi connectivity index (χ1n) is 5.77. The van der Waals surface area contributed by atoms with Crippen LogP contribution in [0.3, 0.4) is 0 Å². The second-order valence-corrected chi connectivity index (χ2v) is 3.98. The van der Waals surface area contributed by atoms with Crippen molar-refractivity contribution in [2.45, 2.75) is 25.9 Å². The van der Waals surface area contributed by atoms with E-state index in [-0.39, 0.29) is 11.9 Å². The van der Waals surface area contributed by atoms with E-state index in [1.807, 2.05) is 19.1 Å². The van der Waals surface area contributed by atoms with Gasteiger partial charge in [-0.3, -0.25) is 14.5 Å². The minimum Gasteiger partial charge on any atom is -0.349 e. The Hall–Kier alpha value is -2.24. The molecule has 1 amide bonds. The van der Waals surface area contributed by atoms with Gasteiger partial charge in [-0.15, -0.1) is 0 Å². The highest BCUT2D eigenvalue weighted by molar-refractivity contribution is 5.76. The van der Waals surface area contributed by atoms with Crippen molar-refractivity contribution < 1.29 is 4.79 Å². The predicted molar refractivity (Wildman–Crippen MR) is 65.4 cm³/mol. The highest BCUT2D eigenvalue weighted by Gasteiger charge is 2.09. The van der Waals surface area contributed by atoms with Crippen LogP contribution in [0.1, 0.15) is 24.9 Å². The third kappa shape index (κ3) is 3.38. The third-order valence-corrected chi connectivity index (χ3v) is 2.60. The van der Waals surface area contributed by atoms with Crippen LogP contribution in [-0.2, 0) is 11.3 Å². The van der Waals surface area contributed by atoms with Crippen molar-refractivity contribution in [3.05, 3.63) is 42.7 Å². The zero-order valence-corrected chi connectivity index (χ0v) is 10.2. The molecule has 0 aliphatic carbocycles. The summed E-state index contributed by atoms with van der Waals surface area (Å²) in [7, 11) is 0. The van der Waals surface area contributed by atoms with Crippen LogP contribution in [0.5, 0.6) is 0 Å². The van der Waals surface area contributed by atoms with E-state index >= 15 is 0 Å². The monoisotopic (exact) mass is 245 g/mol. The minimum absolute atomic E-state index is 0.0122. The maximum absolute atomic E-state index is 11.7. The number of aryl methyl sites for hydroxylation is 1. The Labute approximate surface area is 105 Å². The number of rotatable bonds is 5. The summed E-state index contributed by atoms with van der Waals surface area (Å²) in [6, 6.07) is 3.75. The average molecular weight is 245 g/mol. The van der Waals surface area contributed by atoms with Crippen molar-refractivity contribution in [3.63, 3.8) is 0 Å². The Balaban J connectivity index is 1.80. The number of hydrogen-bond acceptors (Lipinski definition) is 4. The van der Waals surface area contributed by atoms with E-state index in [1.165, 1.54) is 6.33 Å². The lowest BCUT2D eigenvalue weighted by Gasteiger charge is -2.13. The minimum atomic E-state index is -0.0399. The fourth-order valence-corrected chi connectivity index (χ4v) is 1.59. The van der Waals surface area contributed by atoms with Gasteiger partial charge in [0.05, 0.1) is 12.6 Å². The molecule has 0 saturated carbocycles. The largest absolute Gasteiger partial charge is 0.349 e. The Morgan fingerprint density at radius 1 is 1.50 bits per heavy atom. The molecule has 0 aromatic carbocycles. The molecule has 0 bridgehead atoms. The number of aromatic nitrogens is 4. The van der Waals surface area contributed by atoms with Crippen molar-refractivity contribution in [2.24, 2.45) is 0 Å². The molecule has 0 aliphatic rings. The highest BCUT2D eigenvalue weighted by Crippen LogP contribution is 2.09. The first-order chi connectivity index (χ1) is 8.75. The van der Waals surface area contributed by atoms with Gasteiger partial charge < -0.3 is 5.32 Å². The SMILES string of the molecule is C[C@@H](NC(=O)CCn1cncn1)c1cccnc1. The van der Waals surface area contributed by atoms with Gasteiger partial charge in [0.1, 0.15) is 12.7 Å². The molecule has 6 heteroatoms. The van der Waals surface area contributed by atoms with Gasteiger partial charge in [0.2, 0.25) is 5.91 Å². The van der Waals surface area contributed by atoms with Crippen LogP contribution in [-0.4, -0.2) is 25.7 Å². The summed E-state index contributed by atoms with van der Waals surface area (Å²) in [6.07, 6.45) is 6.90. The summed E-state index contributed by atoms with van der Waals surface area (Å²) in [6.45, 7) is 2.47. The molecule has 18 heavy (non-hydrogen) atoms. The standard InChI is InChI=1S/C12H15N5O/c1-10(11-3-2-5-13-7-11)16-12(18)4-6-17-9-14-8-15-17/h2-3,5,7-10H,4,6H2,1H3,(H,16,18)/t10-/m1/s1. The summed E-state index contributed by atoms with van der Waals surface area (Å²) < 4.78 is 1.63. The Morgan fingerprint density at radius 3 is 3.06 bits per heavy atom. The third-order valence-electron chi connectivity index (χ3n) is 2.60. The summed E-state index contributed by atoms with van der Waals surface area (Å²) in [5.74, 6) is -0.0122. The molecule has 0 saturated heterocycles. The normalized spacial score (nSPS) is 12.1. The van der Waals surface area contributed by atoms with E-state index in [2.05, 4.69) is 20.4 Å². The number of nitrogens with zero attached hydrogens (tertiary/aromatic N) is 4. The van der Waals surface area contributed by atoms with Gasteiger partial charge in [-0.1, -0.05) is 6.07 Å². The van der Waals surface area contributed by atoms with Crippen molar-refractivity contribution in [2.75, 3.05) is 0 Å². The molecule has 0 aliphatic heterocycles. The second kappa shape index (κ2) is 5.90. The maximum Gasteiger partial charge on any atom is 0.222 e. The summed E-state index contributed by atoms with van der Waals surface area (Å²) in [5.41, 5.74) is 0.992. The number of hydrogen-bond donors (Lipinski definition) is 1. The van der Waals surface area contributed by atoms with E-state index < -0.39 is 0 Å². The predicted octanol–water partition coefficient (Wildman–Crippen LogP) is 0.941.